The number of nitrogens with one attached hydrogen (secondary N) is 1. The minimum Gasteiger partial charge on any atom is -0.462 e. The standard InChI is InChI=1S/C21H25ClN2O5S/c1-3-4-13-29-21(26)17-7-11-19(12-8-17)23-20(25)15-24(30(2,27)28)14-16-5-9-18(22)10-6-16/h5-12H,3-4,13-15H2,1-2H3,(H,23,25). The largest absolute Gasteiger partial charge is 0.462 e. The zero-order valence-electron chi connectivity index (χ0n) is 16.9. The van der Waals surface area contributed by atoms with Gasteiger partial charge in [-0.1, -0.05) is 37.1 Å². The van der Waals surface area contributed by atoms with Crippen molar-refractivity contribution in [3.8, 4) is 0 Å². The number of anilines is 1. The van der Waals surface area contributed by atoms with Crippen molar-refractivity contribution in [3.63, 3.8) is 0 Å². The number of benzene rings is 2. The van der Waals surface area contributed by atoms with Crippen LogP contribution in [0.25, 0.3) is 0 Å². The predicted octanol–water partition coefficient (Wildman–Crippen LogP) is 3.70. The van der Waals surface area contributed by atoms with Crippen LogP contribution in [0.5, 0.6) is 0 Å². The summed E-state index contributed by atoms with van der Waals surface area (Å²) in [6, 6.07) is 13.0. The van der Waals surface area contributed by atoms with Crippen molar-refractivity contribution >= 4 is 39.2 Å². The van der Waals surface area contributed by atoms with Gasteiger partial charge in [0.2, 0.25) is 15.9 Å². The number of sulfonamides is 1. The number of hydrogen-bond donors (Lipinski definition) is 1. The lowest BCUT2D eigenvalue weighted by Crippen LogP contribution is -2.36. The summed E-state index contributed by atoms with van der Waals surface area (Å²) in [6.07, 6.45) is 2.78. The van der Waals surface area contributed by atoms with Crippen LogP contribution in [0.1, 0.15) is 35.7 Å². The van der Waals surface area contributed by atoms with Crippen LogP contribution in [0.15, 0.2) is 48.5 Å². The normalized spacial score (nSPS) is 11.3. The van der Waals surface area contributed by atoms with Crippen LogP contribution in [-0.4, -0.2) is 44.0 Å². The number of hydrogen-bond acceptors (Lipinski definition) is 5. The van der Waals surface area contributed by atoms with E-state index in [9.17, 15) is 18.0 Å². The van der Waals surface area contributed by atoms with E-state index in [1.165, 1.54) is 0 Å². The molecule has 9 heteroatoms. The van der Waals surface area contributed by atoms with Gasteiger partial charge < -0.3 is 10.1 Å². The molecule has 7 nitrogen and oxygen atoms in total. The molecule has 0 aliphatic heterocycles. The summed E-state index contributed by atoms with van der Waals surface area (Å²) in [7, 11) is -3.61. The summed E-state index contributed by atoms with van der Waals surface area (Å²) in [6.45, 7) is 2.07. The van der Waals surface area contributed by atoms with E-state index >= 15 is 0 Å². The second-order valence-corrected chi connectivity index (χ2v) is 9.19. The minimum absolute atomic E-state index is 0.0476. The maximum absolute atomic E-state index is 12.4. The third kappa shape index (κ3) is 7.78. The van der Waals surface area contributed by atoms with Gasteiger partial charge in [-0.15, -0.1) is 0 Å². The van der Waals surface area contributed by atoms with Crippen molar-refractivity contribution in [1.29, 1.82) is 0 Å². The molecule has 0 aromatic heterocycles. The second-order valence-electron chi connectivity index (χ2n) is 6.77. The van der Waals surface area contributed by atoms with E-state index < -0.39 is 21.9 Å². The number of carbonyl (C=O) groups is 2. The molecule has 2 aromatic rings. The molecule has 0 aliphatic rings. The van der Waals surface area contributed by atoms with Gasteiger partial charge in [-0.05, 0) is 48.4 Å². The summed E-state index contributed by atoms with van der Waals surface area (Å²) < 4.78 is 30.4. The molecule has 30 heavy (non-hydrogen) atoms. The topological polar surface area (TPSA) is 92.8 Å². The molecule has 0 radical (unpaired) electrons. The van der Waals surface area contributed by atoms with Gasteiger partial charge in [0.15, 0.2) is 0 Å². The van der Waals surface area contributed by atoms with Gasteiger partial charge in [0.05, 0.1) is 25.0 Å². The van der Waals surface area contributed by atoms with E-state index in [4.69, 9.17) is 16.3 Å². The first kappa shape index (κ1) is 23.9. The van der Waals surface area contributed by atoms with Crippen molar-refractivity contribution in [2.75, 3.05) is 24.7 Å². The lowest BCUT2D eigenvalue weighted by Gasteiger charge is -2.19. The Morgan fingerprint density at radius 3 is 2.27 bits per heavy atom. The van der Waals surface area contributed by atoms with Gasteiger partial charge in [-0.3, -0.25) is 4.79 Å². The van der Waals surface area contributed by atoms with Crippen molar-refractivity contribution in [1.82, 2.24) is 4.31 Å². The van der Waals surface area contributed by atoms with Crippen LogP contribution in [-0.2, 0) is 26.1 Å². The molecule has 0 saturated carbocycles. The quantitative estimate of drug-likeness (QED) is 0.438. The highest BCUT2D eigenvalue weighted by molar-refractivity contribution is 7.88. The van der Waals surface area contributed by atoms with Crippen molar-refractivity contribution in [2.24, 2.45) is 0 Å². The first-order valence-corrected chi connectivity index (χ1v) is 11.7. The Morgan fingerprint density at radius 2 is 1.70 bits per heavy atom. The average Bonchev–Trinajstić information content (AvgIpc) is 2.69. The Bertz CT molecular complexity index is 960. The minimum atomic E-state index is -3.61. The van der Waals surface area contributed by atoms with Gasteiger partial charge in [-0.25, -0.2) is 13.2 Å². The molecule has 0 saturated heterocycles. The average molecular weight is 453 g/mol. The summed E-state index contributed by atoms with van der Waals surface area (Å²) in [5.41, 5.74) is 1.54. The van der Waals surface area contributed by atoms with Gasteiger partial charge in [0, 0.05) is 17.3 Å². The van der Waals surface area contributed by atoms with E-state index in [1.54, 1.807) is 48.5 Å². The molecule has 0 aliphatic carbocycles. The van der Waals surface area contributed by atoms with Crippen LogP contribution in [0.4, 0.5) is 5.69 Å². The monoisotopic (exact) mass is 452 g/mol. The van der Waals surface area contributed by atoms with E-state index in [0.717, 1.165) is 23.4 Å². The molecule has 0 unspecified atom stereocenters. The molecular formula is C21H25ClN2O5S. The number of esters is 1. The van der Waals surface area contributed by atoms with E-state index in [1.807, 2.05) is 6.92 Å². The first-order valence-electron chi connectivity index (χ1n) is 9.45. The highest BCUT2D eigenvalue weighted by Crippen LogP contribution is 2.14. The first-order chi connectivity index (χ1) is 14.2. The zero-order chi connectivity index (χ0) is 22.1. The highest BCUT2D eigenvalue weighted by atomic mass is 35.5. The van der Waals surface area contributed by atoms with Crippen LogP contribution in [0.2, 0.25) is 5.02 Å². The maximum Gasteiger partial charge on any atom is 0.338 e. The zero-order valence-corrected chi connectivity index (χ0v) is 18.5. The summed E-state index contributed by atoms with van der Waals surface area (Å²) in [5, 5.41) is 3.18. The fraction of sp³-hybridized carbons (Fsp3) is 0.333. The molecule has 2 rings (SSSR count). The Morgan fingerprint density at radius 1 is 1.07 bits per heavy atom. The molecule has 2 aromatic carbocycles. The number of rotatable bonds is 10. The summed E-state index contributed by atoms with van der Waals surface area (Å²) >= 11 is 5.85. The van der Waals surface area contributed by atoms with Crippen molar-refractivity contribution in [3.05, 3.63) is 64.7 Å². The Kier molecular flexibility index (Phi) is 8.83. The summed E-state index contributed by atoms with van der Waals surface area (Å²) in [4.78, 5) is 24.3. The number of amides is 1. The number of halogens is 1. The molecule has 0 spiro atoms. The highest BCUT2D eigenvalue weighted by Gasteiger charge is 2.21. The Hall–Kier alpha value is -2.42. The molecule has 0 bridgehead atoms. The number of unbranched alkanes of at least 4 members (excludes halogenated alkanes) is 1. The summed E-state index contributed by atoms with van der Waals surface area (Å²) in [5.74, 6) is -0.916. The second kappa shape index (κ2) is 11.1. The Balaban J connectivity index is 1.97. The van der Waals surface area contributed by atoms with Crippen LogP contribution in [0, 0.1) is 0 Å². The van der Waals surface area contributed by atoms with Crippen molar-refractivity contribution in [2.45, 2.75) is 26.3 Å². The Labute approximate surface area is 182 Å². The van der Waals surface area contributed by atoms with Gasteiger partial charge >= 0.3 is 5.97 Å². The number of nitrogens with zero attached hydrogens (tertiary/aromatic N) is 1. The number of carbonyl (C=O) groups excluding carboxylic acids is 2. The SMILES string of the molecule is CCCCOC(=O)c1ccc(NC(=O)CN(Cc2ccc(Cl)cc2)S(C)(=O)=O)cc1. The van der Waals surface area contributed by atoms with Gasteiger partial charge in [-0.2, -0.15) is 4.31 Å². The molecule has 1 amide bonds. The third-order valence-electron chi connectivity index (χ3n) is 4.20. The van der Waals surface area contributed by atoms with Gasteiger partial charge in [0.25, 0.3) is 0 Å². The maximum atomic E-state index is 12.4. The van der Waals surface area contributed by atoms with Crippen molar-refractivity contribution < 1.29 is 22.7 Å². The molecule has 0 fully saturated rings. The molecular weight excluding hydrogens is 428 g/mol. The van der Waals surface area contributed by atoms with E-state index in [-0.39, 0.29) is 13.1 Å². The van der Waals surface area contributed by atoms with Crippen LogP contribution >= 0.6 is 11.6 Å². The molecule has 0 heterocycles. The van der Waals surface area contributed by atoms with E-state index in [2.05, 4.69) is 5.32 Å². The predicted molar refractivity (Wildman–Crippen MR) is 117 cm³/mol. The van der Waals surface area contributed by atoms with Crippen LogP contribution < -0.4 is 5.32 Å². The fourth-order valence-electron chi connectivity index (χ4n) is 2.53. The molecule has 0 atom stereocenters. The third-order valence-corrected chi connectivity index (χ3v) is 5.64. The van der Waals surface area contributed by atoms with Crippen LogP contribution in [0.3, 0.4) is 0 Å². The lowest BCUT2D eigenvalue weighted by atomic mass is 10.2. The number of ether oxygens (including phenoxy) is 1. The smallest absolute Gasteiger partial charge is 0.338 e. The fourth-order valence-corrected chi connectivity index (χ4v) is 3.39. The molecule has 1 N–H and O–H groups in total. The molecule has 162 valence electrons. The van der Waals surface area contributed by atoms with E-state index in [0.29, 0.717) is 28.4 Å². The lowest BCUT2D eigenvalue weighted by molar-refractivity contribution is -0.116. The van der Waals surface area contributed by atoms with Gasteiger partial charge in [0.1, 0.15) is 0 Å².